The molecule has 1 aliphatic heterocycles. The van der Waals surface area contributed by atoms with Crippen molar-refractivity contribution in [1.29, 1.82) is 0 Å². The molecule has 3 aromatic rings. The second-order valence-electron chi connectivity index (χ2n) is 7.62. The van der Waals surface area contributed by atoms with Crippen LogP contribution >= 0.6 is 23.4 Å². The number of carbonyl (C=O) groups excluding carboxylic acids is 2. The minimum absolute atomic E-state index is 0.125. The molecule has 0 spiro atoms. The molecule has 6 nitrogen and oxygen atoms in total. The lowest BCUT2D eigenvalue weighted by atomic mass is 10.2. The van der Waals surface area contributed by atoms with Crippen LogP contribution in [0, 0.1) is 0 Å². The molecule has 1 aliphatic rings. The second-order valence-corrected chi connectivity index (χ2v) is 9.07. The van der Waals surface area contributed by atoms with E-state index >= 15 is 0 Å². The minimum atomic E-state index is -0.374. The third-order valence-electron chi connectivity index (χ3n) is 5.10. The summed E-state index contributed by atoms with van der Waals surface area (Å²) < 4.78 is 10.8. The van der Waals surface area contributed by atoms with Gasteiger partial charge in [0.1, 0.15) is 12.4 Å². The Morgan fingerprint density at radius 2 is 1.71 bits per heavy atom. The highest BCUT2D eigenvalue weighted by Gasteiger charge is 2.30. The summed E-state index contributed by atoms with van der Waals surface area (Å²) in [7, 11) is 1.69. The minimum Gasteiger partial charge on any atom is -0.489 e. The average molecular weight is 507 g/mol. The number of rotatable bonds is 7. The van der Waals surface area contributed by atoms with E-state index in [0.717, 1.165) is 16.9 Å². The van der Waals surface area contributed by atoms with E-state index in [0.29, 0.717) is 39.6 Å². The van der Waals surface area contributed by atoms with E-state index in [1.54, 1.807) is 38.2 Å². The standard InChI is InChI=1S/C27H23ClN2O4S/c1-3-33-26(32)20-8-12-22(13-9-20)29-27-30(2)25(31)24(35-27)16-18-6-14-23(15-7-18)34-17-19-4-10-21(28)11-5-19/h4-16H,3,17H2,1-2H3/b24-16-,29-27?. The number of hydrogen-bond acceptors (Lipinski definition) is 6. The number of amides is 1. The highest BCUT2D eigenvalue weighted by Crippen LogP contribution is 2.33. The van der Waals surface area contributed by atoms with E-state index in [1.165, 1.54) is 16.7 Å². The van der Waals surface area contributed by atoms with Gasteiger partial charge in [-0.05, 0) is 84.4 Å². The monoisotopic (exact) mass is 506 g/mol. The summed E-state index contributed by atoms with van der Waals surface area (Å²) in [5, 5.41) is 1.25. The van der Waals surface area contributed by atoms with E-state index in [-0.39, 0.29) is 11.9 Å². The Balaban J connectivity index is 1.41. The van der Waals surface area contributed by atoms with Crippen molar-refractivity contribution < 1.29 is 19.1 Å². The summed E-state index contributed by atoms with van der Waals surface area (Å²) in [5.74, 6) is 0.235. The quantitative estimate of drug-likeness (QED) is 0.276. The van der Waals surface area contributed by atoms with Crippen LogP contribution < -0.4 is 4.74 Å². The number of hydrogen-bond donors (Lipinski definition) is 0. The van der Waals surface area contributed by atoms with E-state index in [9.17, 15) is 9.59 Å². The summed E-state index contributed by atoms with van der Waals surface area (Å²) in [5.41, 5.74) is 3.01. The number of esters is 1. The smallest absolute Gasteiger partial charge is 0.338 e. The van der Waals surface area contributed by atoms with E-state index in [2.05, 4.69) is 4.99 Å². The molecule has 0 radical (unpaired) electrons. The van der Waals surface area contributed by atoms with Crippen molar-refractivity contribution in [3.05, 3.63) is 99.4 Å². The number of amidine groups is 1. The maximum absolute atomic E-state index is 12.7. The molecule has 35 heavy (non-hydrogen) atoms. The maximum Gasteiger partial charge on any atom is 0.338 e. The molecule has 178 valence electrons. The fraction of sp³-hybridized carbons (Fsp3) is 0.148. The van der Waals surface area contributed by atoms with Crippen molar-refractivity contribution in [3.8, 4) is 5.75 Å². The van der Waals surface area contributed by atoms with Crippen molar-refractivity contribution in [2.24, 2.45) is 4.99 Å². The Morgan fingerprint density at radius 1 is 1.03 bits per heavy atom. The van der Waals surface area contributed by atoms with Gasteiger partial charge in [-0.1, -0.05) is 35.9 Å². The Morgan fingerprint density at radius 3 is 2.37 bits per heavy atom. The lowest BCUT2D eigenvalue weighted by molar-refractivity contribution is -0.121. The predicted molar refractivity (Wildman–Crippen MR) is 140 cm³/mol. The fourth-order valence-electron chi connectivity index (χ4n) is 3.21. The predicted octanol–water partition coefficient (Wildman–Crippen LogP) is 6.33. The molecule has 1 heterocycles. The van der Waals surface area contributed by atoms with E-state index in [1.807, 2.05) is 54.6 Å². The number of halogens is 1. The van der Waals surface area contributed by atoms with Gasteiger partial charge in [0.05, 0.1) is 22.8 Å². The van der Waals surface area contributed by atoms with E-state index in [4.69, 9.17) is 21.1 Å². The Bertz CT molecular complexity index is 1270. The van der Waals surface area contributed by atoms with E-state index < -0.39 is 0 Å². The molecule has 0 N–H and O–H groups in total. The van der Waals surface area contributed by atoms with Crippen molar-refractivity contribution >= 4 is 52.2 Å². The lowest BCUT2D eigenvalue weighted by Gasteiger charge is -2.07. The van der Waals surface area contributed by atoms with Crippen LogP contribution in [0.25, 0.3) is 6.08 Å². The van der Waals surface area contributed by atoms with Gasteiger partial charge in [-0.15, -0.1) is 0 Å². The first-order valence-electron chi connectivity index (χ1n) is 10.9. The number of nitrogens with zero attached hydrogens (tertiary/aromatic N) is 2. The zero-order valence-corrected chi connectivity index (χ0v) is 20.8. The number of carbonyl (C=O) groups is 2. The number of ether oxygens (including phenoxy) is 2. The van der Waals surface area contributed by atoms with Crippen molar-refractivity contribution in [3.63, 3.8) is 0 Å². The summed E-state index contributed by atoms with van der Waals surface area (Å²) in [6, 6.07) is 21.8. The molecule has 0 aromatic heterocycles. The Kier molecular flexibility index (Phi) is 7.90. The van der Waals surface area contributed by atoms with Crippen LogP contribution in [-0.4, -0.2) is 35.6 Å². The Labute approximate surface area is 213 Å². The van der Waals surface area contributed by atoms with Crippen LogP contribution in [0.15, 0.2) is 82.7 Å². The molecule has 1 fully saturated rings. The summed E-state index contributed by atoms with van der Waals surface area (Å²) >= 11 is 7.21. The van der Waals surface area contributed by atoms with Crippen molar-refractivity contribution in [2.45, 2.75) is 13.5 Å². The van der Waals surface area contributed by atoms with Gasteiger partial charge in [0.15, 0.2) is 5.17 Å². The van der Waals surface area contributed by atoms with Gasteiger partial charge in [-0.3, -0.25) is 9.69 Å². The lowest BCUT2D eigenvalue weighted by Crippen LogP contribution is -2.23. The van der Waals surface area contributed by atoms with Crippen LogP contribution in [0.5, 0.6) is 5.75 Å². The van der Waals surface area contributed by atoms with Crippen LogP contribution in [0.4, 0.5) is 5.69 Å². The number of thioether (sulfide) groups is 1. The third-order valence-corrected chi connectivity index (χ3v) is 6.42. The molecule has 0 bridgehead atoms. The highest BCUT2D eigenvalue weighted by molar-refractivity contribution is 8.18. The van der Waals surface area contributed by atoms with Gasteiger partial charge in [-0.2, -0.15) is 0 Å². The molecule has 4 rings (SSSR count). The first-order chi connectivity index (χ1) is 16.9. The highest BCUT2D eigenvalue weighted by atomic mass is 35.5. The third kappa shape index (κ3) is 6.32. The number of benzene rings is 3. The molecule has 1 saturated heterocycles. The summed E-state index contributed by atoms with van der Waals surface area (Å²) in [6.07, 6.45) is 1.83. The topological polar surface area (TPSA) is 68.2 Å². The molecule has 0 saturated carbocycles. The van der Waals surface area contributed by atoms with Crippen molar-refractivity contribution in [2.75, 3.05) is 13.7 Å². The zero-order chi connectivity index (χ0) is 24.8. The van der Waals surface area contributed by atoms with Gasteiger partial charge >= 0.3 is 5.97 Å². The van der Waals surface area contributed by atoms with Crippen LogP contribution in [0.1, 0.15) is 28.4 Å². The van der Waals surface area contributed by atoms with Crippen molar-refractivity contribution in [1.82, 2.24) is 4.90 Å². The van der Waals surface area contributed by atoms with Crippen LogP contribution in [0.3, 0.4) is 0 Å². The largest absolute Gasteiger partial charge is 0.489 e. The van der Waals surface area contributed by atoms with Gasteiger partial charge < -0.3 is 9.47 Å². The van der Waals surface area contributed by atoms with Gasteiger partial charge in [0.2, 0.25) is 0 Å². The molecular weight excluding hydrogens is 484 g/mol. The van der Waals surface area contributed by atoms with Gasteiger partial charge in [0.25, 0.3) is 5.91 Å². The molecule has 3 aromatic carbocycles. The normalized spacial score (nSPS) is 15.6. The molecular formula is C27H23ClN2O4S. The van der Waals surface area contributed by atoms with Crippen LogP contribution in [0.2, 0.25) is 5.02 Å². The maximum atomic E-state index is 12.7. The SMILES string of the molecule is CCOC(=O)c1ccc(N=C2S/C(=C\c3ccc(OCc4ccc(Cl)cc4)cc3)C(=O)N2C)cc1. The molecule has 0 unspecified atom stereocenters. The van der Waals surface area contributed by atoms with Crippen LogP contribution in [-0.2, 0) is 16.1 Å². The Hall–Kier alpha value is -3.55. The molecule has 0 atom stereocenters. The van der Waals surface area contributed by atoms with Gasteiger partial charge in [0, 0.05) is 12.1 Å². The van der Waals surface area contributed by atoms with Gasteiger partial charge in [-0.25, -0.2) is 9.79 Å². The summed E-state index contributed by atoms with van der Waals surface area (Å²) in [6.45, 7) is 2.52. The first kappa shape index (κ1) is 24.6. The number of likely N-dealkylation sites (N-methyl/N-ethyl adjacent to an activating group) is 1. The average Bonchev–Trinajstić information content (AvgIpc) is 3.12. The summed E-state index contributed by atoms with van der Waals surface area (Å²) in [4.78, 5) is 31.2. The fourth-order valence-corrected chi connectivity index (χ4v) is 4.32. The first-order valence-corrected chi connectivity index (χ1v) is 12.1. The molecule has 0 aliphatic carbocycles. The second kappa shape index (κ2) is 11.3. The molecule has 8 heteroatoms. The number of aliphatic imine (C=N–C) groups is 1. The zero-order valence-electron chi connectivity index (χ0n) is 19.2. The molecule has 1 amide bonds.